The molecule has 0 bridgehead atoms. The number of aromatic nitrogens is 2. The largest absolute Gasteiger partial charge is 0.340 e. The van der Waals surface area contributed by atoms with Crippen molar-refractivity contribution in [3.05, 3.63) is 103 Å². The number of benzene rings is 2. The van der Waals surface area contributed by atoms with Crippen molar-refractivity contribution in [2.45, 2.75) is 12.8 Å². The van der Waals surface area contributed by atoms with E-state index in [9.17, 15) is 14.4 Å². The third kappa shape index (κ3) is 2.16. The number of fused-ring (bicyclic) bond motifs is 3. The molecule has 0 amide bonds. The van der Waals surface area contributed by atoms with Crippen LogP contribution in [0.1, 0.15) is 38.5 Å². The fourth-order valence-electron chi connectivity index (χ4n) is 3.94. The first-order chi connectivity index (χ1) is 13.0. The van der Waals surface area contributed by atoms with Crippen molar-refractivity contribution in [2.24, 2.45) is 0 Å². The van der Waals surface area contributed by atoms with E-state index in [1.54, 1.807) is 6.07 Å². The fourth-order valence-corrected chi connectivity index (χ4v) is 3.94. The van der Waals surface area contributed by atoms with Crippen molar-refractivity contribution in [2.75, 3.05) is 5.32 Å². The van der Waals surface area contributed by atoms with Crippen LogP contribution in [0.4, 0.5) is 5.82 Å². The number of rotatable bonds is 1. The molecule has 3 N–H and O–H groups in total. The molecule has 0 spiro atoms. The second-order valence-corrected chi connectivity index (χ2v) is 6.83. The van der Waals surface area contributed by atoms with Crippen molar-refractivity contribution in [3.63, 3.8) is 0 Å². The molecule has 132 valence electrons. The third-order valence-corrected chi connectivity index (χ3v) is 5.17. The van der Waals surface area contributed by atoms with Crippen LogP contribution in [-0.4, -0.2) is 15.8 Å². The molecule has 0 radical (unpaired) electrons. The fraction of sp³-hybridized carbons (Fsp3) is 0.0952. The van der Waals surface area contributed by atoms with E-state index in [1.165, 1.54) is 0 Å². The number of aromatic amines is 2. The number of ketones is 1. The number of nitrogens with one attached hydrogen (secondary N) is 3. The van der Waals surface area contributed by atoms with Gasteiger partial charge in [0.2, 0.25) is 0 Å². The summed E-state index contributed by atoms with van der Waals surface area (Å²) in [4.78, 5) is 42.6. The summed E-state index contributed by atoms with van der Waals surface area (Å²) in [6, 6.07) is 15.1. The van der Waals surface area contributed by atoms with Crippen LogP contribution in [0, 0.1) is 6.92 Å². The van der Waals surface area contributed by atoms with Gasteiger partial charge < -0.3 is 5.32 Å². The van der Waals surface area contributed by atoms with Crippen LogP contribution in [0.5, 0.6) is 0 Å². The molecule has 1 aromatic heterocycles. The Hall–Kier alpha value is -3.67. The Morgan fingerprint density at radius 2 is 1.56 bits per heavy atom. The van der Waals surface area contributed by atoms with E-state index in [2.05, 4.69) is 15.3 Å². The van der Waals surface area contributed by atoms with E-state index in [-0.39, 0.29) is 5.78 Å². The molecule has 0 saturated heterocycles. The van der Waals surface area contributed by atoms with Gasteiger partial charge in [0, 0.05) is 22.6 Å². The first kappa shape index (κ1) is 15.6. The van der Waals surface area contributed by atoms with Gasteiger partial charge in [0.1, 0.15) is 5.82 Å². The summed E-state index contributed by atoms with van der Waals surface area (Å²) in [5, 5.41) is 3.12. The summed E-state index contributed by atoms with van der Waals surface area (Å²) in [5.41, 5.74) is 3.73. The molecule has 0 unspecified atom stereocenters. The second kappa shape index (κ2) is 5.41. The minimum Gasteiger partial charge on any atom is -0.340 e. The average Bonchev–Trinajstić information content (AvgIpc) is 2.93. The average molecular weight is 357 g/mol. The Balaban J connectivity index is 1.84. The molecule has 1 aliphatic heterocycles. The van der Waals surface area contributed by atoms with E-state index in [0.717, 1.165) is 16.7 Å². The maximum Gasteiger partial charge on any atom is 0.327 e. The van der Waals surface area contributed by atoms with Crippen LogP contribution in [0.2, 0.25) is 0 Å². The van der Waals surface area contributed by atoms with Gasteiger partial charge in [0.25, 0.3) is 5.56 Å². The summed E-state index contributed by atoms with van der Waals surface area (Å²) in [6.45, 7) is 1.98. The van der Waals surface area contributed by atoms with Gasteiger partial charge in [0.05, 0.1) is 11.3 Å². The summed E-state index contributed by atoms with van der Waals surface area (Å²) >= 11 is 0. The Labute approximate surface area is 153 Å². The molecule has 6 heteroatoms. The number of allylic oxidation sites excluding steroid dienone is 1. The first-order valence-corrected chi connectivity index (χ1v) is 8.63. The maximum atomic E-state index is 13.2. The molecule has 2 aromatic carbocycles. The predicted octanol–water partition coefficient (Wildman–Crippen LogP) is 2.54. The highest BCUT2D eigenvalue weighted by molar-refractivity contribution is 6.23. The number of anilines is 1. The third-order valence-electron chi connectivity index (χ3n) is 5.17. The molecule has 1 aliphatic carbocycles. The number of carbonyl (C=O) groups is 1. The van der Waals surface area contributed by atoms with Crippen LogP contribution in [0.3, 0.4) is 0 Å². The van der Waals surface area contributed by atoms with Crippen molar-refractivity contribution in [3.8, 4) is 0 Å². The topological polar surface area (TPSA) is 94.8 Å². The zero-order valence-corrected chi connectivity index (χ0v) is 14.4. The van der Waals surface area contributed by atoms with E-state index < -0.39 is 17.2 Å². The van der Waals surface area contributed by atoms with E-state index in [1.807, 2.05) is 49.4 Å². The SMILES string of the molecule is Cc1ccc([C@H]2C3=C(Nc4[nH]c(=O)[nH]c(=O)c42)c2ccccc2C3=O)cc1. The second-order valence-electron chi connectivity index (χ2n) is 6.83. The molecule has 5 rings (SSSR count). The number of H-pyrrole nitrogens is 2. The lowest BCUT2D eigenvalue weighted by atomic mass is 9.81. The zero-order chi connectivity index (χ0) is 18.7. The molecule has 27 heavy (non-hydrogen) atoms. The highest BCUT2D eigenvalue weighted by Gasteiger charge is 2.41. The van der Waals surface area contributed by atoms with Gasteiger partial charge in [-0.1, -0.05) is 54.1 Å². The van der Waals surface area contributed by atoms with Gasteiger partial charge in [-0.3, -0.25) is 19.6 Å². The van der Waals surface area contributed by atoms with Crippen molar-refractivity contribution >= 4 is 17.3 Å². The van der Waals surface area contributed by atoms with Crippen molar-refractivity contribution < 1.29 is 4.79 Å². The van der Waals surface area contributed by atoms with Gasteiger partial charge in [-0.2, -0.15) is 0 Å². The van der Waals surface area contributed by atoms with E-state index >= 15 is 0 Å². The Bertz CT molecular complexity index is 1260. The van der Waals surface area contributed by atoms with Crippen LogP contribution < -0.4 is 16.6 Å². The number of hydrogen-bond donors (Lipinski definition) is 3. The standard InChI is InChI=1S/C21H15N3O3/c1-10-6-8-11(9-7-10)14-15-17(12-4-2-3-5-13(12)18(15)25)22-19-16(14)20(26)24-21(27)23-19/h2-9,14H,1H3,(H3,22,23,24,26,27)/t14-/m0/s1. The summed E-state index contributed by atoms with van der Waals surface area (Å²) < 4.78 is 0. The molecule has 2 aliphatic rings. The lowest BCUT2D eigenvalue weighted by molar-refractivity contribution is 0.103. The van der Waals surface area contributed by atoms with Gasteiger partial charge in [-0.05, 0) is 12.5 Å². The smallest absolute Gasteiger partial charge is 0.327 e. The Kier molecular flexibility index (Phi) is 3.12. The number of Topliss-reactive ketones (excluding diaryl/α,β-unsaturated/α-hetero) is 1. The molecule has 1 atom stereocenters. The van der Waals surface area contributed by atoms with E-state index in [4.69, 9.17) is 0 Å². The van der Waals surface area contributed by atoms with Crippen LogP contribution in [0.15, 0.2) is 63.7 Å². The van der Waals surface area contributed by atoms with Crippen LogP contribution >= 0.6 is 0 Å². The Morgan fingerprint density at radius 1 is 0.852 bits per heavy atom. The molecule has 0 saturated carbocycles. The lowest BCUT2D eigenvalue weighted by Crippen LogP contribution is -2.33. The van der Waals surface area contributed by atoms with Gasteiger partial charge in [0.15, 0.2) is 5.78 Å². The lowest BCUT2D eigenvalue weighted by Gasteiger charge is -2.27. The maximum absolute atomic E-state index is 13.2. The van der Waals surface area contributed by atoms with Gasteiger partial charge in [-0.25, -0.2) is 4.79 Å². The van der Waals surface area contributed by atoms with Gasteiger partial charge in [-0.15, -0.1) is 0 Å². The molecule has 6 nitrogen and oxygen atoms in total. The van der Waals surface area contributed by atoms with Crippen LogP contribution in [-0.2, 0) is 0 Å². The highest BCUT2D eigenvalue weighted by Crippen LogP contribution is 2.47. The minimum atomic E-state index is -0.587. The Morgan fingerprint density at radius 3 is 2.30 bits per heavy atom. The molecular weight excluding hydrogens is 342 g/mol. The van der Waals surface area contributed by atoms with Crippen molar-refractivity contribution in [1.82, 2.24) is 9.97 Å². The summed E-state index contributed by atoms with van der Waals surface area (Å²) in [7, 11) is 0. The van der Waals surface area contributed by atoms with E-state index in [0.29, 0.717) is 28.2 Å². The van der Waals surface area contributed by atoms with Crippen molar-refractivity contribution in [1.29, 1.82) is 0 Å². The normalized spacial score (nSPS) is 17.2. The number of hydrogen-bond acceptors (Lipinski definition) is 4. The monoisotopic (exact) mass is 357 g/mol. The number of aryl methyl sites for hydroxylation is 1. The zero-order valence-electron chi connectivity index (χ0n) is 14.4. The predicted molar refractivity (Wildman–Crippen MR) is 102 cm³/mol. The minimum absolute atomic E-state index is 0.102. The molecule has 0 fully saturated rings. The summed E-state index contributed by atoms with van der Waals surface area (Å²) in [6.07, 6.45) is 0. The first-order valence-electron chi connectivity index (χ1n) is 8.63. The van der Waals surface area contributed by atoms with Gasteiger partial charge >= 0.3 is 5.69 Å². The summed E-state index contributed by atoms with van der Waals surface area (Å²) in [5.74, 6) is -0.329. The molecule has 3 aromatic rings. The van der Waals surface area contributed by atoms with Crippen LogP contribution in [0.25, 0.3) is 5.70 Å². The molecule has 2 heterocycles. The highest BCUT2D eigenvalue weighted by atomic mass is 16.2. The molecular formula is C21H15N3O3. The number of carbonyl (C=O) groups excluding carboxylic acids is 1. The quantitative estimate of drug-likeness (QED) is 0.624.